The van der Waals surface area contributed by atoms with E-state index in [-0.39, 0.29) is 12.5 Å². The molecule has 2 aromatic carbocycles. The number of fused-ring (bicyclic) bond motifs is 1. The van der Waals surface area contributed by atoms with Gasteiger partial charge in [-0.05, 0) is 42.3 Å². The Kier molecular flexibility index (Phi) is 4.53. The minimum Gasteiger partial charge on any atom is -0.481 e. The number of carboxylic acid groups (broad SMARTS) is 1. The molecular formula is C16H19NO2. The van der Waals surface area contributed by atoms with Crippen LogP contribution in [0.3, 0.4) is 0 Å². The fourth-order valence-electron chi connectivity index (χ4n) is 2.36. The van der Waals surface area contributed by atoms with Gasteiger partial charge in [0.2, 0.25) is 0 Å². The van der Waals surface area contributed by atoms with Crippen molar-refractivity contribution >= 4 is 16.7 Å². The molecule has 100 valence electrons. The van der Waals surface area contributed by atoms with Gasteiger partial charge in [0.1, 0.15) is 0 Å². The van der Waals surface area contributed by atoms with Crippen LogP contribution in [0.4, 0.5) is 0 Å². The summed E-state index contributed by atoms with van der Waals surface area (Å²) < 4.78 is 0. The largest absolute Gasteiger partial charge is 0.481 e. The Morgan fingerprint density at radius 1 is 1.21 bits per heavy atom. The van der Waals surface area contributed by atoms with Gasteiger partial charge in [0.05, 0.1) is 0 Å². The lowest BCUT2D eigenvalue weighted by molar-refractivity contribution is -0.137. The second-order valence-electron chi connectivity index (χ2n) is 4.73. The summed E-state index contributed by atoms with van der Waals surface area (Å²) >= 11 is 0. The highest BCUT2D eigenvalue weighted by Crippen LogP contribution is 2.23. The molecule has 0 heterocycles. The molecular weight excluding hydrogens is 238 g/mol. The highest BCUT2D eigenvalue weighted by molar-refractivity contribution is 5.83. The highest BCUT2D eigenvalue weighted by Gasteiger charge is 2.10. The molecule has 3 heteroatoms. The van der Waals surface area contributed by atoms with Crippen molar-refractivity contribution in [1.82, 2.24) is 5.32 Å². The van der Waals surface area contributed by atoms with Gasteiger partial charge >= 0.3 is 5.97 Å². The van der Waals surface area contributed by atoms with Crippen LogP contribution in [0.25, 0.3) is 10.8 Å². The molecule has 0 radical (unpaired) electrons. The van der Waals surface area contributed by atoms with Crippen LogP contribution in [0.1, 0.15) is 30.9 Å². The molecule has 0 aliphatic heterocycles. The van der Waals surface area contributed by atoms with Crippen molar-refractivity contribution in [3.63, 3.8) is 0 Å². The molecule has 0 amide bonds. The number of aliphatic carboxylic acids is 1. The number of benzene rings is 2. The van der Waals surface area contributed by atoms with E-state index in [0.29, 0.717) is 6.42 Å². The van der Waals surface area contributed by atoms with Gasteiger partial charge in [-0.15, -0.1) is 0 Å². The van der Waals surface area contributed by atoms with Gasteiger partial charge in [-0.3, -0.25) is 4.79 Å². The summed E-state index contributed by atoms with van der Waals surface area (Å²) in [7, 11) is 1.92. The summed E-state index contributed by atoms with van der Waals surface area (Å²) in [5.41, 5.74) is 1.21. The third-order valence-corrected chi connectivity index (χ3v) is 3.41. The fraction of sp³-hybridized carbons (Fsp3) is 0.312. The van der Waals surface area contributed by atoms with E-state index in [0.717, 1.165) is 6.42 Å². The van der Waals surface area contributed by atoms with E-state index in [4.69, 9.17) is 5.11 Å². The van der Waals surface area contributed by atoms with Crippen molar-refractivity contribution in [2.75, 3.05) is 7.05 Å². The normalized spacial score (nSPS) is 12.5. The molecule has 0 fully saturated rings. The van der Waals surface area contributed by atoms with E-state index < -0.39 is 5.97 Å². The molecule has 1 unspecified atom stereocenters. The predicted octanol–water partition coefficient (Wildman–Crippen LogP) is 3.36. The fourth-order valence-corrected chi connectivity index (χ4v) is 2.36. The van der Waals surface area contributed by atoms with Gasteiger partial charge in [0, 0.05) is 12.5 Å². The monoisotopic (exact) mass is 257 g/mol. The second-order valence-corrected chi connectivity index (χ2v) is 4.73. The lowest BCUT2D eigenvalue weighted by Gasteiger charge is -2.16. The molecule has 0 saturated carbocycles. The van der Waals surface area contributed by atoms with Gasteiger partial charge in [-0.1, -0.05) is 36.4 Å². The lowest BCUT2D eigenvalue weighted by atomic mass is 9.98. The van der Waals surface area contributed by atoms with E-state index in [1.165, 1.54) is 16.3 Å². The first-order valence-electron chi connectivity index (χ1n) is 6.58. The molecule has 0 aromatic heterocycles. The summed E-state index contributed by atoms with van der Waals surface area (Å²) in [6, 6.07) is 14.9. The first-order valence-corrected chi connectivity index (χ1v) is 6.58. The zero-order chi connectivity index (χ0) is 13.7. The van der Waals surface area contributed by atoms with Crippen LogP contribution in [-0.4, -0.2) is 18.1 Å². The number of hydrogen-bond acceptors (Lipinski definition) is 2. The maximum absolute atomic E-state index is 10.6. The first kappa shape index (κ1) is 13.6. The smallest absolute Gasteiger partial charge is 0.303 e. The second kappa shape index (κ2) is 6.34. The molecule has 19 heavy (non-hydrogen) atoms. The molecule has 0 spiro atoms. The SMILES string of the molecule is CNC(CCCC(=O)O)c1ccc2ccccc2c1. The summed E-state index contributed by atoms with van der Waals surface area (Å²) in [5, 5.41) is 14.4. The average Bonchev–Trinajstić information content (AvgIpc) is 2.43. The number of carbonyl (C=O) groups is 1. The number of rotatable bonds is 6. The standard InChI is InChI=1S/C16H19NO2/c1-17-15(7-4-8-16(18)19)14-10-9-12-5-2-3-6-13(12)11-14/h2-3,5-6,9-11,15,17H,4,7-8H2,1H3,(H,18,19). The Morgan fingerprint density at radius 3 is 2.63 bits per heavy atom. The topological polar surface area (TPSA) is 49.3 Å². The van der Waals surface area contributed by atoms with Crippen LogP contribution in [0.2, 0.25) is 0 Å². The number of hydrogen-bond donors (Lipinski definition) is 2. The van der Waals surface area contributed by atoms with Crippen molar-refractivity contribution in [1.29, 1.82) is 0 Å². The van der Waals surface area contributed by atoms with E-state index >= 15 is 0 Å². The third-order valence-electron chi connectivity index (χ3n) is 3.41. The molecule has 0 saturated heterocycles. The molecule has 1 atom stereocenters. The van der Waals surface area contributed by atoms with Gasteiger partial charge in [-0.2, -0.15) is 0 Å². The molecule has 2 N–H and O–H groups in total. The van der Waals surface area contributed by atoms with Gasteiger partial charge in [-0.25, -0.2) is 0 Å². The van der Waals surface area contributed by atoms with Crippen molar-refractivity contribution in [3.05, 3.63) is 48.0 Å². The van der Waals surface area contributed by atoms with Gasteiger partial charge in [0.25, 0.3) is 0 Å². The van der Waals surface area contributed by atoms with Crippen LogP contribution in [0, 0.1) is 0 Å². The van der Waals surface area contributed by atoms with E-state index in [1.54, 1.807) is 0 Å². The quantitative estimate of drug-likeness (QED) is 0.834. The predicted molar refractivity (Wildman–Crippen MR) is 77.2 cm³/mol. The Labute approximate surface area is 113 Å². The van der Waals surface area contributed by atoms with Gasteiger partial charge < -0.3 is 10.4 Å². The average molecular weight is 257 g/mol. The number of carboxylic acids is 1. The molecule has 0 aliphatic carbocycles. The Balaban J connectivity index is 2.13. The van der Waals surface area contributed by atoms with E-state index in [2.05, 4.69) is 35.6 Å². The molecule has 2 aromatic rings. The summed E-state index contributed by atoms with van der Waals surface area (Å²) in [4.78, 5) is 10.6. The minimum atomic E-state index is -0.728. The molecule has 3 nitrogen and oxygen atoms in total. The lowest BCUT2D eigenvalue weighted by Crippen LogP contribution is -2.16. The molecule has 0 aliphatic rings. The first-order chi connectivity index (χ1) is 9.20. The van der Waals surface area contributed by atoms with Crippen LogP contribution < -0.4 is 5.32 Å². The Morgan fingerprint density at radius 2 is 1.95 bits per heavy atom. The summed E-state index contributed by atoms with van der Waals surface area (Å²) in [5.74, 6) is -0.728. The highest BCUT2D eigenvalue weighted by atomic mass is 16.4. The third kappa shape index (κ3) is 3.55. The van der Waals surface area contributed by atoms with Crippen LogP contribution >= 0.6 is 0 Å². The van der Waals surface area contributed by atoms with Gasteiger partial charge in [0.15, 0.2) is 0 Å². The Bertz CT molecular complexity index is 565. The van der Waals surface area contributed by atoms with Crippen molar-refractivity contribution < 1.29 is 9.90 Å². The zero-order valence-corrected chi connectivity index (χ0v) is 11.1. The summed E-state index contributed by atoms with van der Waals surface area (Å²) in [6.45, 7) is 0. The Hall–Kier alpha value is -1.87. The zero-order valence-electron chi connectivity index (χ0n) is 11.1. The minimum absolute atomic E-state index is 0.212. The molecule has 0 bridgehead atoms. The van der Waals surface area contributed by atoms with Crippen LogP contribution in [0.15, 0.2) is 42.5 Å². The van der Waals surface area contributed by atoms with E-state index in [9.17, 15) is 4.79 Å². The maximum Gasteiger partial charge on any atom is 0.303 e. The molecule has 2 rings (SSSR count). The number of nitrogens with one attached hydrogen (secondary N) is 1. The maximum atomic E-state index is 10.6. The van der Waals surface area contributed by atoms with Crippen molar-refractivity contribution in [2.24, 2.45) is 0 Å². The summed E-state index contributed by atoms with van der Waals surface area (Å²) in [6.07, 6.45) is 1.75. The van der Waals surface area contributed by atoms with Crippen molar-refractivity contribution in [3.8, 4) is 0 Å². The van der Waals surface area contributed by atoms with E-state index in [1.807, 2.05) is 19.2 Å². The van der Waals surface area contributed by atoms with Crippen LogP contribution in [-0.2, 0) is 4.79 Å². The van der Waals surface area contributed by atoms with Crippen LogP contribution in [0.5, 0.6) is 0 Å². The van der Waals surface area contributed by atoms with Crippen molar-refractivity contribution in [2.45, 2.75) is 25.3 Å².